The first-order chi connectivity index (χ1) is 12.7. The highest BCUT2D eigenvalue weighted by atomic mass is 35.5. The molecular formula is C18H15ClN2O6. The van der Waals surface area contributed by atoms with Gasteiger partial charge in [0.25, 0.3) is 11.6 Å². The molecule has 0 aliphatic heterocycles. The number of Topliss-reactive ketones (excluding diaryl/α,β-unsaturated/α-hetero) is 1. The number of nitro benzene ring substituents is 1. The first-order valence-corrected chi connectivity index (χ1v) is 8.13. The SMILES string of the molecule is CC(=O)c1ccc(NC(=O)[C@H](C)OC(=O)c2ccc(Cl)c([N+](=O)[O-])c2)cc1. The fraction of sp³-hybridized carbons (Fsp3) is 0.167. The summed E-state index contributed by atoms with van der Waals surface area (Å²) in [5, 5.41) is 13.3. The number of anilines is 1. The molecule has 0 spiro atoms. The maximum absolute atomic E-state index is 12.1. The molecule has 0 aliphatic carbocycles. The van der Waals surface area contributed by atoms with E-state index < -0.39 is 28.6 Å². The van der Waals surface area contributed by atoms with Crippen LogP contribution in [0.3, 0.4) is 0 Å². The Hall–Kier alpha value is -3.26. The summed E-state index contributed by atoms with van der Waals surface area (Å²) in [7, 11) is 0. The van der Waals surface area contributed by atoms with Crippen molar-refractivity contribution < 1.29 is 24.0 Å². The number of nitrogens with zero attached hydrogens (tertiary/aromatic N) is 1. The maximum Gasteiger partial charge on any atom is 0.339 e. The van der Waals surface area contributed by atoms with Gasteiger partial charge in [-0.15, -0.1) is 0 Å². The third kappa shape index (κ3) is 5.11. The molecule has 2 aromatic carbocycles. The second kappa shape index (κ2) is 8.41. The van der Waals surface area contributed by atoms with Gasteiger partial charge in [-0.05, 0) is 50.2 Å². The number of halogens is 1. The molecule has 27 heavy (non-hydrogen) atoms. The predicted octanol–water partition coefficient (Wildman–Crippen LogP) is 3.63. The number of hydrogen-bond acceptors (Lipinski definition) is 6. The van der Waals surface area contributed by atoms with E-state index in [2.05, 4.69) is 5.32 Å². The molecule has 0 aliphatic rings. The molecule has 1 N–H and O–H groups in total. The Kier molecular flexibility index (Phi) is 6.25. The van der Waals surface area contributed by atoms with Crippen LogP contribution in [-0.4, -0.2) is 28.7 Å². The molecule has 140 valence electrons. The zero-order chi connectivity index (χ0) is 20.1. The van der Waals surface area contributed by atoms with E-state index in [0.717, 1.165) is 6.07 Å². The number of esters is 1. The molecule has 1 amide bonds. The van der Waals surface area contributed by atoms with Crippen LogP contribution in [0.4, 0.5) is 11.4 Å². The zero-order valence-electron chi connectivity index (χ0n) is 14.4. The third-order valence-electron chi connectivity index (χ3n) is 3.59. The molecule has 0 unspecified atom stereocenters. The molecule has 0 saturated carbocycles. The molecule has 2 rings (SSSR count). The normalized spacial score (nSPS) is 11.4. The Balaban J connectivity index is 2.03. The average Bonchev–Trinajstić information content (AvgIpc) is 2.62. The number of nitrogens with one attached hydrogen (secondary N) is 1. The summed E-state index contributed by atoms with van der Waals surface area (Å²) < 4.78 is 5.04. The molecule has 0 fully saturated rings. The minimum absolute atomic E-state index is 0.100. The highest BCUT2D eigenvalue weighted by molar-refractivity contribution is 6.32. The molecule has 0 bridgehead atoms. The van der Waals surface area contributed by atoms with Crippen LogP contribution < -0.4 is 5.32 Å². The third-order valence-corrected chi connectivity index (χ3v) is 3.91. The van der Waals surface area contributed by atoms with Crippen molar-refractivity contribution in [2.75, 3.05) is 5.32 Å². The van der Waals surface area contributed by atoms with Crippen LogP contribution >= 0.6 is 11.6 Å². The molecular weight excluding hydrogens is 376 g/mol. The largest absolute Gasteiger partial charge is 0.449 e. The number of hydrogen-bond donors (Lipinski definition) is 1. The standard InChI is InChI=1S/C18H15ClN2O6/c1-10(22)12-3-6-14(7-4-12)20-17(23)11(2)27-18(24)13-5-8-15(19)16(9-13)21(25)26/h3-9,11H,1-2H3,(H,20,23)/t11-/m0/s1. The monoisotopic (exact) mass is 390 g/mol. The minimum Gasteiger partial charge on any atom is -0.449 e. The van der Waals surface area contributed by atoms with Gasteiger partial charge in [0.15, 0.2) is 11.9 Å². The van der Waals surface area contributed by atoms with E-state index in [-0.39, 0.29) is 16.4 Å². The molecule has 0 saturated heterocycles. The van der Waals surface area contributed by atoms with Gasteiger partial charge in [0, 0.05) is 17.3 Å². The van der Waals surface area contributed by atoms with Gasteiger partial charge in [-0.1, -0.05) is 11.6 Å². The minimum atomic E-state index is -1.15. The lowest BCUT2D eigenvalue weighted by molar-refractivity contribution is -0.384. The second-order valence-corrected chi connectivity index (χ2v) is 6.00. The quantitative estimate of drug-likeness (QED) is 0.348. The van der Waals surface area contributed by atoms with Gasteiger partial charge < -0.3 is 10.1 Å². The van der Waals surface area contributed by atoms with Crippen LogP contribution in [0, 0.1) is 10.1 Å². The van der Waals surface area contributed by atoms with E-state index in [1.807, 2.05) is 0 Å². The van der Waals surface area contributed by atoms with Crippen molar-refractivity contribution in [2.24, 2.45) is 0 Å². The summed E-state index contributed by atoms with van der Waals surface area (Å²) in [4.78, 5) is 45.6. The van der Waals surface area contributed by atoms with Crippen molar-refractivity contribution in [3.8, 4) is 0 Å². The summed E-state index contributed by atoms with van der Waals surface area (Å²) in [5.74, 6) is -1.60. The van der Waals surface area contributed by atoms with Crippen molar-refractivity contribution in [3.63, 3.8) is 0 Å². The highest BCUT2D eigenvalue weighted by Crippen LogP contribution is 2.25. The number of benzene rings is 2. The van der Waals surface area contributed by atoms with E-state index in [9.17, 15) is 24.5 Å². The number of carbonyl (C=O) groups is 3. The Morgan fingerprint density at radius 1 is 1.11 bits per heavy atom. The number of rotatable bonds is 6. The van der Waals surface area contributed by atoms with E-state index in [0.29, 0.717) is 11.3 Å². The van der Waals surface area contributed by atoms with Gasteiger partial charge in [-0.25, -0.2) is 4.79 Å². The van der Waals surface area contributed by atoms with Crippen LogP contribution in [0.25, 0.3) is 0 Å². The number of carbonyl (C=O) groups excluding carboxylic acids is 3. The topological polar surface area (TPSA) is 116 Å². The Morgan fingerprint density at radius 2 is 1.70 bits per heavy atom. The van der Waals surface area contributed by atoms with Crippen molar-refractivity contribution in [2.45, 2.75) is 20.0 Å². The smallest absolute Gasteiger partial charge is 0.339 e. The average molecular weight is 391 g/mol. The molecule has 0 heterocycles. The van der Waals surface area contributed by atoms with E-state index in [1.165, 1.54) is 26.0 Å². The van der Waals surface area contributed by atoms with Gasteiger partial charge in [-0.3, -0.25) is 19.7 Å². The van der Waals surface area contributed by atoms with E-state index in [4.69, 9.17) is 16.3 Å². The number of nitro groups is 1. The number of ether oxygens (including phenoxy) is 1. The van der Waals surface area contributed by atoms with Gasteiger partial charge in [0.2, 0.25) is 0 Å². The Morgan fingerprint density at radius 3 is 2.26 bits per heavy atom. The molecule has 0 radical (unpaired) electrons. The molecule has 9 heteroatoms. The maximum atomic E-state index is 12.1. The van der Waals surface area contributed by atoms with E-state index >= 15 is 0 Å². The van der Waals surface area contributed by atoms with Crippen LogP contribution in [0.5, 0.6) is 0 Å². The highest BCUT2D eigenvalue weighted by Gasteiger charge is 2.22. The first-order valence-electron chi connectivity index (χ1n) is 7.76. The van der Waals surface area contributed by atoms with E-state index in [1.54, 1.807) is 24.3 Å². The lowest BCUT2D eigenvalue weighted by Crippen LogP contribution is -2.30. The summed E-state index contributed by atoms with van der Waals surface area (Å²) in [6.07, 6.45) is -1.15. The molecule has 1 atom stereocenters. The Labute approximate surface area is 159 Å². The fourth-order valence-corrected chi connectivity index (χ4v) is 2.28. The predicted molar refractivity (Wildman–Crippen MR) is 98.1 cm³/mol. The summed E-state index contributed by atoms with van der Waals surface area (Å²) >= 11 is 5.69. The van der Waals surface area contributed by atoms with Gasteiger partial charge in [0.1, 0.15) is 5.02 Å². The lowest BCUT2D eigenvalue weighted by Gasteiger charge is -2.14. The van der Waals surface area contributed by atoms with Crippen molar-refractivity contribution >= 4 is 40.6 Å². The van der Waals surface area contributed by atoms with Gasteiger partial charge in [-0.2, -0.15) is 0 Å². The Bertz CT molecular complexity index is 911. The van der Waals surface area contributed by atoms with Gasteiger partial charge >= 0.3 is 5.97 Å². The summed E-state index contributed by atoms with van der Waals surface area (Å²) in [5.41, 5.74) is 0.386. The first kappa shape index (κ1) is 20.1. The van der Waals surface area contributed by atoms with Crippen molar-refractivity contribution in [1.82, 2.24) is 0 Å². The number of amides is 1. The van der Waals surface area contributed by atoms with Crippen molar-refractivity contribution in [3.05, 3.63) is 68.7 Å². The van der Waals surface area contributed by atoms with Crippen LogP contribution in [0.2, 0.25) is 5.02 Å². The second-order valence-electron chi connectivity index (χ2n) is 5.59. The van der Waals surface area contributed by atoms with Crippen molar-refractivity contribution in [1.29, 1.82) is 0 Å². The summed E-state index contributed by atoms with van der Waals surface area (Å²) in [6.45, 7) is 2.79. The summed E-state index contributed by atoms with van der Waals surface area (Å²) in [6, 6.07) is 9.66. The lowest BCUT2D eigenvalue weighted by atomic mass is 10.1. The molecule has 8 nitrogen and oxygen atoms in total. The molecule has 2 aromatic rings. The van der Waals surface area contributed by atoms with Crippen LogP contribution in [0.1, 0.15) is 34.6 Å². The number of ketones is 1. The zero-order valence-corrected chi connectivity index (χ0v) is 15.1. The fourth-order valence-electron chi connectivity index (χ4n) is 2.09. The van der Waals surface area contributed by atoms with Gasteiger partial charge in [0.05, 0.1) is 10.5 Å². The molecule has 0 aromatic heterocycles. The van der Waals surface area contributed by atoms with Crippen LogP contribution in [-0.2, 0) is 9.53 Å². The van der Waals surface area contributed by atoms with Crippen LogP contribution in [0.15, 0.2) is 42.5 Å².